The molecular weight excluding hydrogens is 472 g/mol. The van der Waals surface area contributed by atoms with Crippen molar-refractivity contribution in [2.45, 2.75) is 31.2 Å². The number of nitrogens with one attached hydrogen (secondary N) is 1. The zero-order valence-electron chi connectivity index (χ0n) is 19.9. The third kappa shape index (κ3) is 4.01. The maximum absolute atomic E-state index is 13.6. The first kappa shape index (κ1) is 23.3. The molecule has 5 rings (SSSR count). The maximum Gasteiger partial charge on any atom is 0.267 e. The summed E-state index contributed by atoms with van der Waals surface area (Å²) in [5.41, 5.74) is 4.01. The summed E-state index contributed by atoms with van der Waals surface area (Å²) >= 11 is 1.23. The van der Waals surface area contributed by atoms with Crippen LogP contribution in [0, 0.1) is 25.2 Å². The molecule has 0 aliphatic carbocycles. The van der Waals surface area contributed by atoms with Crippen molar-refractivity contribution in [2.24, 2.45) is 0 Å². The fourth-order valence-electron chi connectivity index (χ4n) is 4.07. The first-order chi connectivity index (χ1) is 17.4. The minimum atomic E-state index is -0.552. The average Bonchev–Trinajstić information content (AvgIpc) is 3.29. The number of carbonyl (C=O) groups excluding carboxylic acids is 1. The van der Waals surface area contributed by atoms with Crippen molar-refractivity contribution in [3.05, 3.63) is 93.8 Å². The lowest BCUT2D eigenvalue weighted by Crippen LogP contribution is -2.24. The van der Waals surface area contributed by atoms with Crippen LogP contribution in [0.2, 0.25) is 0 Å². The fraction of sp³-hybridized carbons (Fsp3) is 0.148. The Morgan fingerprint density at radius 1 is 1.06 bits per heavy atom. The minimum absolute atomic E-state index is 0.186. The van der Waals surface area contributed by atoms with Crippen molar-refractivity contribution < 1.29 is 4.79 Å². The highest BCUT2D eigenvalue weighted by Crippen LogP contribution is 2.28. The Morgan fingerprint density at radius 3 is 2.61 bits per heavy atom. The first-order valence-electron chi connectivity index (χ1n) is 11.3. The zero-order chi connectivity index (χ0) is 25.4. The van der Waals surface area contributed by atoms with E-state index in [1.165, 1.54) is 11.8 Å². The van der Waals surface area contributed by atoms with Gasteiger partial charge in [-0.15, -0.1) is 10.2 Å². The number of hydrogen-bond acceptors (Lipinski definition) is 6. The van der Waals surface area contributed by atoms with E-state index in [4.69, 9.17) is 0 Å². The number of nitriles is 1. The van der Waals surface area contributed by atoms with Crippen molar-refractivity contribution in [3.8, 4) is 11.8 Å². The topological polar surface area (TPSA) is 105 Å². The standard InChI is InChI=1S/C27H22N6O2S/c1-16-12-13-17(2)23(14-16)32-25(35)20-9-5-7-11-22(20)33-26(32)30-31-27(33)36-18(3)24(34)29-21-10-6-4-8-19(21)15-28/h4-14,18H,1-3H3,(H,29,34)/t18-/m0/s1. The molecule has 178 valence electrons. The number of aromatic nitrogens is 4. The number of carbonyl (C=O) groups is 1. The molecule has 36 heavy (non-hydrogen) atoms. The number of benzene rings is 3. The number of para-hydroxylation sites is 2. The van der Waals surface area contributed by atoms with Gasteiger partial charge in [0.25, 0.3) is 5.56 Å². The van der Waals surface area contributed by atoms with Crippen LogP contribution in [0.25, 0.3) is 22.4 Å². The number of aryl methyl sites for hydroxylation is 2. The summed E-state index contributed by atoms with van der Waals surface area (Å²) < 4.78 is 3.39. The lowest BCUT2D eigenvalue weighted by atomic mass is 10.1. The summed E-state index contributed by atoms with van der Waals surface area (Å²) in [5, 5.41) is 21.3. The van der Waals surface area contributed by atoms with Gasteiger partial charge in [0.05, 0.1) is 33.1 Å². The van der Waals surface area contributed by atoms with Crippen LogP contribution in [-0.4, -0.2) is 30.3 Å². The summed E-state index contributed by atoms with van der Waals surface area (Å²) in [6.45, 7) is 5.69. The van der Waals surface area contributed by atoms with Crippen LogP contribution < -0.4 is 10.9 Å². The van der Waals surface area contributed by atoms with Crippen molar-refractivity contribution >= 4 is 40.0 Å². The fourth-order valence-corrected chi connectivity index (χ4v) is 4.92. The van der Waals surface area contributed by atoms with Crippen molar-refractivity contribution in [2.75, 3.05) is 5.32 Å². The number of rotatable bonds is 5. The number of nitrogens with zero attached hydrogens (tertiary/aromatic N) is 5. The molecule has 1 amide bonds. The quantitative estimate of drug-likeness (QED) is 0.357. The van der Waals surface area contributed by atoms with E-state index in [1.807, 2.05) is 54.6 Å². The van der Waals surface area contributed by atoms with E-state index in [-0.39, 0.29) is 11.5 Å². The highest BCUT2D eigenvalue weighted by atomic mass is 32.2. The third-order valence-corrected chi connectivity index (χ3v) is 7.00. The van der Waals surface area contributed by atoms with E-state index < -0.39 is 5.25 Å². The molecule has 9 heteroatoms. The summed E-state index contributed by atoms with van der Waals surface area (Å²) in [4.78, 5) is 26.6. The van der Waals surface area contributed by atoms with Gasteiger partial charge in [0, 0.05) is 0 Å². The second-order valence-electron chi connectivity index (χ2n) is 8.47. The number of anilines is 1. The largest absolute Gasteiger partial charge is 0.324 e. The molecular formula is C27H22N6O2S. The van der Waals surface area contributed by atoms with Crippen LogP contribution in [0.3, 0.4) is 0 Å². The molecule has 5 aromatic rings. The Hall–Kier alpha value is -4.42. The van der Waals surface area contributed by atoms with Crippen molar-refractivity contribution in [1.29, 1.82) is 5.26 Å². The van der Waals surface area contributed by atoms with E-state index in [9.17, 15) is 14.9 Å². The molecule has 0 aliphatic rings. The zero-order valence-corrected chi connectivity index (χ0v) is 20.7. The lowest BCUT2D eigenvalue weighted by molar-refractivity contribution is -0.115. The highest BCUT2D eigenvalue weighted by molar-refractivity contribution is 8.00. The minimum Gasteiger partial charge on any atom is -0.324 e. The van der Waals surface area contributed by atoms with Crippen LogP contribution >= 0.6 is 11.8 Å². The number of amides is 1. The molecule has 0 bridgehead atoms. The first-order valence-corrected chi connectivity index (χ1v) is 12.2. The van der Waals surface area contributed by atoms with E-state index in [2.05, 4.69) is 21.6 Å². The molecule has 8 nitrogen and oxygen atoms in total. The molecule has 0 saturated heterocycles. The van der Waals surface area contributed by atoms with Gasteiger partial charge in [0.1, 0.15) is 6.07 Å². The molecule has 0 fully saturated rings. The lowest BCUT2D eigenvalue weighted by Gasteiger charge is -2.15. The molecule has 0 aliphatic heterocycles. The summed E-state index contributed by atoms with van der Waals surface area (Å²) in [6.07, 6.45) is 0. The van der Waals surface area contributed by atoms with Crippen molar-refractivity contribution in [3.63, 3.8) is 0 Å². The summed E-state index contributed by atoms with van der Waals surface area (Å²) in [6, 6.07) is 22.2. The highest BCUT2D eigenvalue weighted by Gasteiger charge is 2.23. The van der Waals surface area contributed by atoms with Gasteiger partial charge in [-0.3, -0.25) is 14.0 Å². The van der Waals surface area contributed by atoms with E-state index in [0.717, 1.165) is 16.8 Å². The van der Waals surface area contributed by atoms with Crippen LogP contribution in [-0.2, 0) is 4.79 Å². The molecule has 0 radical (unpaired) electrons. The second kappa shape index (κ2) is 9.32. The van der Waals surface area contributed by atoms with Crippen LogP contribution in [0.4, 0.5) is 5.69 Å². The van der Waals surface area contributed by atoms with Crippen LogP contribution in [0.1, 0.15) is 23.6 Å². The smallest absolute Gasteiger partial charge is 0.267 e. The van der Waals surface area contributed by atoms with E-state index in [0.29, 0.717) is 33.1 Å². The van der Waals surface area contributed by atoms with Gasteiger partial charge in [0.15, 0.2) is 5.16 Å². The predicted molar refractivity (Wildman–Crippen MR) is 141 cm³/mol. The Balaban J connectivity index is 1.61. The molecule has 2 aromatic heterocycles. The number of fused-ring (bicyclic) bond motifs is 3. The molecule has 2 heterocycles. The number of hydrogen-bond donors (Lipinski definition) is 1. The van der Waals surface area contributed by atoms with E-state index in [1.54, 1.807) is 41.8 Å². The third-order valence-electron chi connectivity index (χ3n) is 5.96. The van der Waals surface area contributed by atoms with Gasteiger partial charge in [0.2, 0.25) is 11.7 Å². The summed E-state index contributed by atoms with van der Waals surface area (Å²) in [5.74, 6) is 0.101. The van der Waals surface area contributed by atoms with Gasteiger partial charge in [-0.2, -0.15) is 5.26 Å². The Kier molecular flexibility index (Phi) is 6.04. The van der Waals surface area contributed by atoms with E-state index >= 15 is 0 Å². The maximum atomic E-state index is 13.6. The van der Waals surface area contributed by atoms with Gasteiger partial charge < -0.3 is 5.32 Å². The second-order valence-corrected chi connectivity index (χ2v) is 9.78. The van der Waals surface area contributed by atoms with Crippen LogP contribution in [0.15, 0.2) is 76.7 Å². The Morgan fingerprint density at radius 2 is 1.81 bits per heavy atom. The van der Waals surface area contributed by atoms with Gasteiger partial charge >= 0.3 is 0 Å². The number of thioether (sulfide) groups is 1. The van der Waals surface area contributed by atoms with Crippen molar-refractivity contribution in [1.82, 2.24) is 19.2 Å². The molecule has 1 N–H and O–H groups in total. The van der Waals surface area contributed by atoms with Gasteiger partial charge in [-0.05, 0) is 62.2 Å². The van der Waals surface area contributed by atoms with Crippen LogP contribution in [0.5, 0.6) is 0 Å². The van der Waals surface area contributed by atoms with Gasteiger partial charge in [-0.1, -0.05) is 48.2 Å². The normalized spacial score (nSPS) is 11.9. The molecule has 3 aromatic carbocycles. The molecule has 1 atom stereocenters. The molecule has 0 unspecified atom stereocenters. The van der Waals surface area contributed by atoms with Gasteiger partial charge in [-0.25, -0.2) is 4.57 Å². The Bertz CT molecular complexity index is 1750. The predicted octanol–water partition coefficient (Wildman–Crippen LogP) is 4.64. The molecule has 0 saturated carbocycles. The monoisotopic (exact) mass is 494 g/mol. The SMILES string of the molecule is Cc1ccc(C)c(-n2c(=O)c3ccccc3n3c(S[C@@H](C)C(=O)Nc4ccccc4C#N)nnc23)c1. The summed E-state index contributed by atoms with van der Waals surface area (Å²) in [7, 11) is 0. The molecule has 0 spiro atoms. The average molecular weight is 495 g/mol. The Labute approximate surface area is 211 Å².